The first-order valence-corrected chi connectivity index (χ1v) is 5.78. The quantitative estimate of drug-likeness (QED) is 0.844. The van der Waals surface area contributed by atoms with E-state index in [1.807, 2.05) is 24.3 Å². The fourth-order valence-corrected chi connectivity index (χ4v) is 2.04. The second kappa shape index (κ2) is 4.88. The lowest BCUT2D eigenvalue weighted by Crippen LogP contribution is -2.40. The molecule has 1 aromatic carbocycles. The van der Waals surface area contributed by atoms with E-state index in [-0.39, 0.29) is 0 Å². The van der Waals surface area contributed by atoms with Crippen molar-refractivity contribution in [3.8, 4) is 0 Å². The van der Waals surface area contributed by atoms with Gasteiger partial charge in [0.1, 0.15) is 0 Å². The van der Waals surface area contributed by atoms with Crippen molar-refractivity contribution in [2.24, 2.45) is 0 Å². The number of benzene rings is 1. The molecule has 0 saturated carbocycles. The van der Waals surface area contributed by atoms with Gasteiger partial charge in [0, 0.05) is 5.41 Å². The van der Waals surface area contributed by atoms with Crippen molar-refractivity contribution in [3.63, 3.8) is 0 Å². The number of hydrogen-bond acceptors (Lipinski definition) is 2. The first-order valence-electron chi connectivity index (χ1n) is 5.78. The maximum atomic E-state index is 11.0. The van der Waals surface area contributed by atoms with Crippen LogP contribution in [0, 0.1) is 0 Å². The van der Waals surface area contributed by atoms with E-state index in [9.17, 15) is 9.90 Å². The molecule has 17 heavy (non-hydrogen) atoms. The average molecular weight is 236 g/mol. The van der Waals surface area contributed by atoms with Crippen LogP contribution >= 0.6 is 0 Å². The van der Waals surface area contributed by atoms with Crippen LogP contribution in [0.25, 0.3) is 0 Å². The number of hydrogen-bond donors (Lipinski definition) is 2. The SMILES string of the molecule is CC(C)c1ccccc1C(C)(C)C(O)C(=O)O. The van der Waals surface area contributed by atoms with Gasteiger partial charge in [-0.15, -0.1) is 0 Å². The van der Waals surface area contributed by atoms with Crippen LogP contribution in [-0.2, 0) is 10.2 Å². The van der Waals surface area contributed by atoms with Gasteiger partial charge in [-0.1, -0.05) is 52.0 Å². The van der Waals surface area contributed by atoms with Crippen LogP contribution in [0.5, 0.6) is 0 Å². The van der Waals surface area contributed by atoms with Crippen molar-refractivity contribution < 1.29 is 15.0 Å². The Morgan fingerprint density at radius 2 is 1.76 bits per heavy atom. The summed E-state index contributed by atoms with van der Waals surface area (Å²) in [6.45, 7) is 7.63. The predicted octanol–water partition coefficient (Wildman–Crippen LogP) is 2.53. The molecule has 0 aromatic heterocycles. The molecular weight excluding hydrogens is 216 g/mol. The Labute approximate surface area is 102 Å². The Balaban J connectivity index is 3.27. The predicted molar refractivity (Wildman–Crippen MR) is 67.2 cm³/mol. The molecule has 1 unspecified atom stereocenters. The summed E-state index contributed by atoms with van der Waals surface area (Å²) in [5.74, 6) is -0.889. The Bertz CT molecular complexity index is 408. The number of aliphatic carboxylic acids is 1. The Kier molecular flexibility index (Phi) is 3.94. The van der Waals surface area contributed by atoms with E-state index in [0.29, 0.717) is 5.92 Å². The minimum Gasteiger partial charge on any atom is -0.479 e. The fraction of sp³-hybridized carbons (Fsp3) is 0.500. The van der Waals surface area contributed by atoms with E-state index in [2.05, 4.69) is 13.8 Å². The minimum atomic E-state index is -1.40. The molecule has 1 atom stereocenters. The second-order valence-electron chi connectivity index (χ2n) is 5.20. The van der Waals surface area contributed by atoms with Gasteiger partial charge in [-0.2, -0.15) is 0 Å². The zero-order chi connectivity index (χ0) is 13.2. The van der Waals surface area contributed by atoms with Gasteiger partial charge in [-0.05, 0) is 17.0 Å². The third-order valence-corrected chi connectivity index (χ3v) is 3.19. The van der Waals surface area contributed by atoms with E-state index in [4.69, 9.17) is 5.11 Å². The molecule has 0 radical (unpaired) electrons. The number of carboxylic acid groups (broad SMARTS) is 1. The maximum Gasteiger partial charge on any atom is 0.333 e. The topological polar surface area (TPSA) is 57.5 Å². The van der Waals surface area contributed by atoms with E-state index in [0.717, 1.165) is 11.1 Å². The molecule has 2 N–H and O–H groups in total. The Hall–Kier alpha value is -1.35. The molecule has 0 spiro atoms. The van der Waals surface area contributed by atoms with Gasteiger partial charge in [-0.25, -0.2) is 4.79 Å². The number of carboxylic acids is 1. The van der Waals surface area contributed by atoms with Crippen LogP contribution in [0.2, 0.25) is 0 Å². The second-order valence-corrected chi connectivity index (χ2v) is 5.20. The van der Waals surface area contributed by atoms with Crippen LogP contribution < -0.4 is 0 Å². The Morgan fingerprint density at radius 3 is 2.24 bits per heavy atom. The van der Waals surface area contributed by atoms with Gasteiger partial charge in [0.05, 0.1) is 0 Å². The van der Waals surface area contributed by atoms with Crippen LogP contribution in [0.4, 0.5) is 0 Å². The average Bonchev–Trinajstić information content (AvgIpc) is 2.27. The summed E-state index contributed by atoms with van der Waals surface area (Å²) in [5.41, 5.74) is 1.18. The summed E-state index contributed by atoms with van der Waals surface area (Å²) in [6.07, 6.45) is -1.40. The molecule has 0 aliphatic carbocycles. The van der Waals surface area contributed by atoms with E-state index < -0.39 is 17.5 Å². The molecule has 94 valence electrons. The fourth-order valence-electron chi connectivity index (χ4n) is 2.04. The molecule has 0 bridgehead atoms. The zero-order valence-corrected chi connectivity index (χ0v) is 10.8. The van der Waals surface area contributed by atoms with Gasteiger partial charge < -0.3 is 10.2 Å². The zero-order valence-electron chi connectivity index (χ0n) is 10.8. The van der Waals surface area contributed by atoms with E-state index >= 15 is 0 Å². The normalized spacial score (nSPS) is 13.8. The molecular formula is C14H20O3. The van der Waals surface area contributed by atoms with Crippen molar-refractivity contribution in [3.05, 3.63) is 35.4 Å². The first-order chi connectivity index (χ1) is 7.78. The third-order valence-electron chi connectivity index (χ3n) is 3.19. The lowest BCUT2D eigenvalue weighted by atomic mass is 9.75. The van der Waals surface area contributed by atoms with E-state index in [1.54, 1.807) is 13.8 Å². The molecule has 0 aliphatic rings. The molecule has 3 heteroatoms. The largest absolute Gasteiger partial charge is 0.479 e. The van der Waals surface area contributed by atoms with Gasteiger partial charge in [0.2, 0.25) is 0 Å². The summed E-state index contributed by atoms with van der Waals surface area (Å²) in [4.78, 5) is 11.0. The molecule has 0 aliphatic heterocycles. The monoisotopic (exact) mass is 236 g/mol. The van der Waals surface area contributed by atoms with E-state index in [1.165, 1.54) is 0 Å². The highest BCUT2D eigenvalue weighted by Crippen LogP contribution is 2.33. The van der Waals surface area contributed by atoms with Crippen molar-refractivity contribution in [2.75, 3.05) is 0 Å². The molecule has 1 rings (SSSR count). The van der Waals surface area contributed by atoms with Gasteiger partial charge >= 0.3 is 5.97 Å². The molecule has 0 fully saturated rings. The highest BCUT2D eigenvalue weighted by atomic mass is 16.4. The van der Waals surface area contributed by atoms with Crippen molar-refractivity contribution >= 4 is 5.97 Å². The summed E-state index contributed by atoms with van der Waals surface area (Å²) in [7, 11) is 0. The first kappa shape index (κ1) is 13.7. The molecule has 1 aromatic rings. The van der Waals surface area contributed by atoms with Crippen LogP contribution in [0.3, 0.4) is 0 Å². The van der Waals surface area contributed by atoms with Gasteiger partial charge in [-0.3, -0.25) is 0 Å². The summed E-state index contributed by atoms with van der Waals surface area (Å²) in [5, 5.41) is 18.8. The van der Waals surface area contributed by atoms with Gasteiger partial charge in [0.25, 0.3) is 0 Å². The van der Waals surface area contributed by atoms with Crippen LogP contribution in [-0.4, -0.2) is 22.3 Å². The molecule has 3 nitrogen and oxygen atoms in total. The summed E-state index contributed by atoms with van der Waals surface area (Å²) in [6, 6.07) is 7.68. The van der Waals surface area contributed by atoms with Gasteiger partial charge in [0.15, 0.2) is 6.10 Å². The maximum absolute atomic E-state index is 11.0. The third kappa shape index (κ3) is 2.67. The highest BCUT2D eigenvalue weighted by molar-refractivity contribution is 5.74. The number of rotatable bonds is 4. The lowest BCUT2D eigenvalue weighted by molar-refractivity contribution is -0.150. The summed E-state index contributed by atoms with van der Waals surface area (Å²) < 4.78 is 0. The summed E-state index contributed by atoms with van der Waals surface area (Å²) >= 11 is 0. The van der Waals surface area contributed by atoms with Crippen molar-refractivity contribution in [2.45, 2.75) is 45.1 Å². The highest BCUT2D eigenvalue weighted by Gasteiger charge is 2.36. The van der Waals surface area contributed by atoms with Crippen LogP contribution in [0.15, 0.2) is 24.3 Å². The van der Waals surface area contributed by atoms with Crippen LogP contribution in [0.1, 0.15) is 44.7 Å². The Morgan fingerprint density at radius 1 is 1.24 bits per heavy atom. The van der Waals surface area contributed by atoms with Crippen molar-refractivity contribution in [1.82, 2.24) is 0 Å². The number of aliphatic hydroxyl groups is 1. The molecule has 0 heterocycles. The number of aliphatic hydroxyl groups excluding tert-OH is 1. The molecule has 0 saturated heterocycles. The number of carbonyl (C=O) groups is 1. The smallest absolute Gasteiger partial charge is 0.333 e. The molecule has 0 amide bonds. The minimum absolute atomic E-state index is 0.298. The lowest BCUT2D eigenvalue weighted by Gasteiger charge is -2.31. The standard InChI is InChI=1S/C14H20O3/c1-9(2)10-7-5-6-8-11(10)14(3,4)12(15)13(16)17/h5-9,12,15H,1-4H3,(H,16,17). The van der Waals surface area contributed by atoms with Crippen molar-refractivity contribution in [1.29, 1.82) is 0 Å².